The highest BCUT2D eigenvalue weighted by molar-refractivity contribution is 9.10. The highest BCUT2D eigenvalue weighted by Gasteiger charge is 2.11. The highest BCUT2D eigenvalue weighted by Crippen LogP contribution is 2.32. The molecule has 0 aliphatic rings. The summed E-state index contributed by atoms with van der Waals surface area (Å²) in [6, 6.07) is 10.2. The maximum atomic E-state index is 5.60. The van der Waals surface area contributed by atoms with E-state index >= 15 is 0 Å². The smallest absolute Gasteiger partial charge is 0.172 e. The van der Waals surface area contributed by atoms with E-state index in [1.165, 1.54) is 5.52 Å². The summed E-state index contributed by atoms with van der Waals surface area (Å²) in [5, 5.41) is 1.16. The molecule has 0 radical (unpaired) electrons. The summed E-state index contributed by atoms with van der Waals surface area (Å²) in [6.07, 6.45) is 0. The minimum atomic E-state index is 0.781. The van der Waals surface area contributed by atoms with Gasteiger partial charge >= 0.3 is 0 Å². The molecular formula is C11H8BrNO. The zero-order chi connectivity index (χ0) is 9.71. The van der Waals surface area contributed by atoms with Crippen molar-refractivity contribution in [2.24, 2.45) is 7.05 Å². The van der Waals surface area contributed by atoms with Crippen LogP contribution in [0.2, 0.25) is 0 Å². The second-order valence-corrected chi connectivity index (χ2v) is 4.12. The summed E-state index contributed by atoms with van der Waals surface area (Å²) >= 11 is 3.34. The lowest BCUT2D eigenvalue weighted by molar-refractivity contribution is 0.590. The Hall–Kier alpha value is -1.22. The van der Waals surface area contributed by atoms with Crippen molar-refractivity contribution in [3.8, 4) is 0 Å². The SMILES string of the molecule is Cn1c2ccccc2c2oc(Br)cc21. The van der Waals surface area contributed by atoms with Gasteiger partial charge < -0.3 is 8.98 Å². The number of hydrogen-bond acceptors (Lipinski definition) is 1. The largest absolute Gasteiger partial charge is 0.447 e. The molecule has 2 nitrogen and oxygen atoms in total. The van der Waals surface area contributed by atoms with Gasteiger partial charge in [0.15, 0.2) is 10.3 Å². The Balaban J connectivity index is 2.65. The van der Waals surface area contributed by atoms with Crippen molar-refractivity contribution in [3.05, 3.63) is 35.0 Å². The Kier molecular flexibility index (Phi) is 1.53. The number of benzene rings is 1. The molecule has 3 aromatic rings. The summed E-state index contributed by atoms with van der Waals surface area (Å²) in [7, 11) is 2.05. The van der Waals surface area contributed by atoms with Crippen LogP contribution in [0.15, 0.2) is 39.4 Å². The van der Waals surface area contributed by atoms with E-state index in [-0.39, 0.29) is 0 Å². The number of aromatic nitrogens is 1. The molecule has 0 N–H and O–H groups in total. The molecule has 0 unspecified atom stereocenters. The minimum Gasteiger partial charge on any atom is -0.447 e. The molecule has 2 heterocycles. The minimum absolute atomic E-state index is 0.781. The molecule has 0 saturated carbocycles. The van der Waals surface area contributed by atoms with Crippen LogP contribution in [0.3, 0.4) is 0 Å². The Labute approximate surface area is 89.2 Å². The number of furan rings is 1. The number of halogens is 1. The summed E-state index contributed by atoms with van der Waals surface area (Å²) < 4.78 is 8.52. The van der Waals surface area contributed by atoms with Crippen LogP contribution in [-0.4, -0.2) is 4.57 Å². The van der Waals surface area contributed by atoms with Gasteiger partial charge in [0.1, 0.15) is 0 Å². The first-order valence-electron chi connectivity index (χ1n) is 4.40. The first-order valence-corrected chi connectivity index (χ1v) is 5.19. The molecule has 3 heteroatoms. The van der Waals surface area contributed by atoms with Crippen LogP contribution >= 0.6 is 15.9 Å². The van der Waals surface area contributed by atoms with Crippen molar-refractivity contribution in [2.75, 3.05) is 0 Å². The van der Waals surface area contributed by atoms with Gasteiger partial charge in [-0.05, 0) is 28.1 Å². The van der Waals surface area contributed by atoms with Gasteiger partial charge in [0, 0.05) is 18.5 Å². The van der Waals surface area contributed by atoms with E-state index in [4.69, 9.17) is 4.42 Å². The van der Waals surface area contributed by atoms with Crippen molar-refractivity contribution in [3.63, 3.8) is 0 Å². The van der Waals surface area contributed by atoms with E-state index < -0.39 is 0 Å². The molecule has 0 spiro atoms. The monoisotopic (exact) mass is 249 g/mol. The van der Waals surface area contributed by atoms with Gasteiger partial charge in [-0.3, -0.25) is 0 Å². The van der Waals surface area contributed by atoms with Crippen LogP contribution in [0, 0.1) is 0 Å². The third-order valence-electron chi connectivity index (χ3n) is 2.55. The molecular weight excluding hydrogens is 242 g/mol. The Morgan fingerprint density at radius 1 is 1.21 bits per heavy atom. The molecule has 0 aliphatic carbocycles. The van der Waals surface area contributed by atoms with Gasteiger partial charge in [-0.15, -0.1) is 0 Å². The molecule has 0 fully saturated rings. The van der Waals surface area contributed by atoms with E-state index in [0.29, 0.717) is 0 Å². The van der Waals surface area contributed by atoms with Crippen molar-refractivity contribution in [1.82, 2.24) is 4.57 Å². The quantitative estimate of drug-likeness (QED) is 0.595. The maximum Gasteiger partial charge on any atom is 0.172 e. The van der Waals surface area contributed by atoms with Crippen molar-refractivity contribution in [2.45, 2.75) is 0 Å². The van der Waals surface area contributed by atoms with E-state index in [0.717, 1.165) is 21.2 Å². The molecule has 14 heavy (non-hydrogen) atoms. The lowest BCUT2D eigenvalue weighted by atomic mass is 10.2. The van der Waals surface area contributed by atoms with Crippen molar-refractivity contribution in [1.29, 1.82) is 0 Å². The highest BCUT2D eigenvalue weighted by atomic mass is 79.9. The zero-order valence-corrected chi connectivity index (χ0v) is 9.21. The predicted octanol–water partition coefficient (Wildman–Crippen LogP) is 3.69. The topological polar surface area (TPSA) is 18.1 Å². The molecule has 0 amide bonds. The van der Waals surface area contributed by atoms with E-state index in [2.05, 4.69) is 32.6 Å². The maximum absolute atomic E-state index is 5.60. The lowest BCUT2D eigenvalue weighted by Gasteiger charge is -1.94. The Morgan fingerprint density at radius 2 is 2.00 bits per heavy atom. The summed E-state index contributed by atoms with van der Waals surface area (Å²) in [5.74, 6) is 0. The average Bonchev–Trinajstić information content (AvgIpc) is 2.68. The number of rotatable bonds is 0. The number of hydrogen-bond donors (Lipinski definition) is 0. The standard InChI is InChI=1S/C11H8BrNO/c1-13-8-5-3-2-4-7(8)11-9(13)6-10(12)14-11/h2-6H,1H3. The number of aryl methyl sites for hydroxylation is 1. The number of para-hydroxylation sites is 1. The third-order valence-corrected chi connectivity index (χ3v) is 2.94. The summed E-state index contributed by atoms with van der Waals surface area (Å²) in [4.78, 5) is 0. The molecule has 2 aromatic heterocycles. The van der Waals surface area contributed by atoms with Crippen LogP contribution < -0.4 is 0 Å². The van der Waals surface area contributed by atoms with Crippen LogP contribution in [-0.2, 0) is 7.05 Å². The van der Waals surface area contributed by atoms with Gasteiger partial charge in [0.05, 0.1) is 11.0 Å². The summed E-state index contributed by atoms with van der Waals surface area (Å²) in [6.45, 7) is 0. The second-order valence-electron chi connectivity index (χ2n) is 3.34. The molecule has 0 aliphatic heterocycles. The van der Waals surface area contributed by atoms with Crippen LogP contribution in [0.5, 0.6) is 0 Å². The molecule has 0 atom stereocenters. The Bertz CT molecular complexity index is 621. The first kappa shape index (κ1) is 8.12. The van der Waals surface area contributed by atoms with Gasteiger partial charge in [0.2, 0.25) is 0 Å². The molecule has 0 bridgehead atoms. The molecule has 3 rings (SSSR count). The van der Waals surface area contributed by atoms with Crippen molar-refractivity contribution >= 4 is 37.9 Å². The van der Waals surface area contributed by atoms with E-state index in [9.17, 15) is 0 Å². The lowest BCUT2D eigenvalue weighted by Crippen LogP contribution is -1.84. The average molecular weight is 250 g/mol. The predicted molar refractivity (Wildman–Crippen MR) is 60.4 cm³/mol. The molecule has 1 aromatic carbocycles. The number of fused-ring (bicyclic) bond motifs is 3. The summed E-state index contributed by atoms with van der Waals surface area (Å²) in [5.41, 5.74) is 3.28. The van der Waals surface area contributed by atoms with Crippen molar-refractivity contribution < 1.29 is 4.42 Å². The van der Waals surface area contributed by atoms with Gasteiger partial charge in [-0.25, -0.2) is 0 Å². The normalized spacial score (nSPS) is 11.6. The second kappa shape index (κ2) is 2.64. The van der Waals surface area contributed by atoms with Crippen LogP contribution in [0.4, 0.5) is 0 Å². The molecule has 0 saturated heterocycles. The fourth-order valence-corrected chi connectivity index (χ4v) is 2.26. The van der Waals surface area contributed by atoms with Gasteiger partial charge in [0.25, 0.3) is 0 Å². The van der Waals surface area contributed by atoms with E-state index in [1.54, 1.807) is 0 Å². The Morgan fingerprint density at radius 3 is 2.86 bits per heavy atom. The van der Waals surface area contributed by atoms with E-state index in [1.807, 2.05) is 25.2 Å². The first-order chi connectivity index (χ1) is 6.77. The third kappa shape index (κ3) is 0.904. The fraction of sp³-hybridized carbons (Fsp3) is 0.0909. The van der Waals surface area contributed by atoms with Crippen LogP contribution in [0.1, 0.15) is 0 Å². The molecule has 70 valence electrons. The van der Waals surface area contributed by atoms with Gasteiger partial charge in [-0.1, -0.05) is 12.1 Å². The van der Waals surface area contributed by atoms with Gasteiger partial charge in [-0.2, -0.15) is 0 Å². The number of nitrogens with zero attached hydrogens (tertiary/aromatic N) is 1. The van der Waals surface area contributed by atoms with Crippen LogP contribution in [0.25, 0.3) is 22.0 Å². The fourth-order valence-electron chi connectivity index (χ4n) is 1.88. The zero-order valence-electron chi connectivity index (χ0n) is 7.62.